The summed E-state index contributed by atoms with van der Waals surface area (Å²) in [5, 5.41) is 2.30. The van der Waals surface area contributed by atoms with E-state index in [0.29, 0.717) is 10.1 Å². The predicted molar refractivity (Wildman–Crippen MR) is 107 cm³/mol. The normalized spacial score (nSPS) is 11.1. The van der Waals surface area contributed by atoms with Crippen LogP contribution in [0.15, 0.2) is 30.5 Å². The summed E-state index contributed by atoms with van der Waals surface area (Å²) in [5.41, 5.74) is -0.111. The second-order valence-electron chi connectivity index (χ2n) is 5.49. The molecule has 0 fully saturated rings. The van der Waals surface area contributed by atoms with E-state index in [9.17, 15) is 21.6 Å². The number of nitrogens with one attached hydrogen (secondary N) is 1. The fourth-order valence-corrected chi connectivity index (χ4v) is 3.16. The number of pyridine rings is 2. The molecule has 158 valence electrons. The van der Waals surface area contributed by atoms with Gasteiger partial charge in [-0.1, -0.05) is 0 Å². The lowest BCUT2D eigenvalue weighted by Crippen LogP contribution is -2.36. The van der Waals surface area contributed by atoms with E-state index in [4.69, 9.17) is 9.47 Å². The van der Waals surface area contributed by atoms with Crippen molar-refractivity contribution in [3.8, 4) is 11.6 Å². The number of ether oxygens (including phenoxy) is 2. The van der Waals surface area contributed by atoms with Crippen LogP contribution in [0.3, 0.4) is 0 Å². The van der Waals surface area contributed by atoms with Crippen molar-refractivity contribution in [1.82, 2.24) is 9.97 Å². The fraction of sp³-hybridized carbons (Fsp3) is 0.267. The van der Waals surface area contributed by atoms with E-state index in [1.165, 1.54) is 51.7 Å². The molecule has 14 heteroatoms. The minimum absolute atomic E-state index is 0.0537. The Hall–Kier alpha value is -3.13. The summed E-state index contributed by atoms with van der Waals surface area (Å²) in [7, 11) is -3.32. The van der Waals surface area contributed by atoms with Gasteiger partial charge in [-0.2, -0.15) is 9.29 Å². The highest BCUT2D eigenvalue weighted by molar-refractivity contribution is 7.92. The highest BCUT2D eigenvalue weighted by Gasteiger charge is 2.27. The molecule has 2 heterocycles. The molecule has 0 radical (unpaired) electrons. The third kappa shape index (κ3) is 5.23. The molecule has 0 unspecified atom stereocenters. The van der Waals surface area contributed by atoms with Gasteiger partial charge in [-0.15, -0.1) is 0 Å². The number of carbonyl (C=O) groups is 1. The lowest BCUT2D eigenvalue weighted by molar-refractivity contribution is 0.259. The van der Waals surface area contributed by atoms with Gasteiger partial charge in [-0.25, -0.2) is 26.6 Å². The van der Waals surface area contributed by atoms with Crippen molar-refractivity contribution in [2.75, 3.05) is 41.5 Å². The Morgan fingerprint density at radius 2 is 1.90 bits per heavy atom. The van der Waals surface area contributed by atoms with E-state index in [2.05, 4.69) is 15.3 Å². The third-order valence-electron chi connectivity index (χ3n) is 3.61. The molecule has 0 saturated heterocycles. The number of rotatable bonds is 7. The average molecular weight is 445 g/mol. The number of nitrogens with zero attached hydrogens (tertiary/aromatic N) is 4. The van der Waals surface area contributed by atoms with Crippen LogP contribution in [0.2, 0.25) is 0 Å². The number of urea groups is 1. The third-order valence-corrected chi connectivity index (χ3v) is 5.50. The van der Waals surface area contributed by atoms with Crippen LogP contribution in [0.5, 0.6) is 11.6 Å². The lowest BCUT2D eigenvalue weighted by Gasteiger charge is -2.23. The van der Waals surface area contributed by atoms with Crippen LogP contribution < -0.4 is 23.4 Å². The van der Waals surface area contributed by atoms with Crippen molar-refractivity contribution in [3.05, 3.63) is 30.5 Å². The summed E-state index contributed by atoms with van der Waals surface area (Å²) < 4.78 is 58.6. The number of anilines is 3. The van der Waals surface area contributed by atoms with Crippen molar-refractivity contribution >= 4 is 44.3 Å². The van der Waals surface area contributed by atoms with E-state index in [1.54, 1.807) is 0 Å². The molecule has 2 aromatic rings. The van der Waals surface area contributed by atoms with Gasteiger partial charge in [0.2, 0.25) is 26.8 Å². The Morgan fingerprint density at radius 3 is 2.45 bits per heavy atom. The molecule has 0 aliphatic rings. The van der Waals surface area contributed by atoms with Crippen molar-refractivity contribution in [2.45, 2.75) is 0 Å². The van der Waals surface area contributed by atoms with Gasteiger partial charge in [0.25, 0.3) is 0 Å². The van der Waals surface area contributed by atoms with Gasteiger partial charge in [0.15, 0.2) is 5.82 Å². The van der Waals surface area contributed by atoms with Crippen LogP contribution >= 0.6 is 0 Å². The van der Waals surface area contributed by atoms with Crippen LogP contribution in [-0.4, -0.2) is 60.4 Å². The van der Waals surface area contributed by atoms with Crippen LogP contribution in [0, 0.1) is 0 Å². The van der Waals surface area contributed by atoms with Gasteiger partial charge in [0, 0.05) is 25.4 Å². The van der Waals surface area contributed by atoms with E-state index in [-0.39, 0.29) is 17.4 Å². The minimum Gasteiger partial charge on any atom is -0.496 e. The van der Waals surface area contributed by atoms with E-state index < -0.39 is 32.8 Å². The number of carbonyl (C=O) groups excluding carboxylic acids is 1. The molecule has 0 aliphatic heterocycles. The minimum atomic E-state index is -3.75. The first-order chi connectivity index (χ1) is 13.6. The standard InChI is InChI=1S/C15H19N5O7S2/c1-19(29(4,24)25)11-6-5-7-16-14(11)20(28(22)23)15(21)18-12-8-10(26-2)9-13(17-12)27-3/h5-9,28H,1-4H3,(H,17,18,21). The zero-order chi connectivity index (χ0) is 21.8. The number of thiol groups is 1. The fourth-order valence-electron chi connectivity index (χ4n) is 2.15. The largest absolute Gasteiger partial charge is 0.496 e. The Bertz CT molecular complexity index is 1060. The average Bonchev–Trinajstić information content (AvgIpc) is 2.66. The van der Waals surface area contributed by atoms with E-state index >= 15 is 0 Å². The van der Waals surface area contributed by atoms with Crippen LogP contribution in [0.1, 0.15) is 0 Å². The zero-order valence-corrected chi connectivity index (χ0v) is 17.6. The summed E-state index contributed by atoms with van der Waals surface area (Å²) in [6, 6.07) is 4.39. The molecule has 0 spiro atoms. The van der Waals surface area contributed by atoms with Crippen molar-refractivity contribution < 1.29 is 31.1 Å². The highest BCUT2D eigenvalue weighted by Crippen LogP contribution is 2.29. The number of methoxy groups -OCH3 is 2. The maximum absolute atomic E-state index is 12.7. The molecule has 0 saturated carbocycles. The second-order valence-corrected chi connectivity index (χ2v) is 8.38. The molecule has 2 aromatic heterocycles. The highest BCUT2D eigenvalue weighted by atomic mass is 32.2. The summed E-state index contributed by atoms with van der Waals surface area (Å²) in [5.74, 6) is -0.0283. The van der Waals surface area contributed by atoms with E-state index in [1.807, 2.05) is 0 Å². The smallest absolute Gasteiger partial charge is 0.342 e. The second kappa shape index (κ2) is 8.91. The topological polar surface area (TPSA) is 148 Å². The molecular formula is C15H19N5O7S2. The molecule has 0 bridgehead atoms. The van der Waals surface area contributed by atoms with Crippen molar-refractivity contribution in [3.63, 3.8) is 0 Å². The monoisotopic (exact) mass is 445 g/mol. The first kappa shape index (κ1) is 22.2. The molecular weight excluding hydrogens is 426 g/mol. The van der Waals surface area contributed by atoms with Crippen molar-refractivity contribution in [2.24, 2.45) is 0 Å². The van der Waals surface area contributed by atoms with Gasteiger partial charge in [-0.05, 0) is 12.1 Å². The number of hydrogen-bond donors (Lipinski definition) is 2. The molecule has 1 N–H and O–H groups in total. The summed E-state index contributed by atoms with van der Waals surface area (Å²) >= 11 is 0. The summed E-state index contributed by atoms with van der Waals surface area (Å²) in [6.07, 6.45) is 2.15. The van der Waals surface area contributed by atoms with Gasteiger partial charge >= 0.3 is 6.03 Å². The molecule has 0 aliphatic carbocycles. The van der Waals surface area contributed by atoms with Crippen LogP contribution in [0.25, 0.3) is 0 Å². The van der Waals surface area contributed by atoms with Crippen molar-refractivity contribution in [1.29, 1.82) is 0 Å². The Labute approximate surface area is 169 Å². The van der Waals surface area contributed by atoms with Gasteiger partial charge in [-0.3, -0.25) is 9.62 Å². The zero-order valence-electron chi connectivity index (χ0n) is 15.9. The Balaban J connectivity index is 2.48. The molecule has 2 amide bonds. The summed E-state index contributed by atoms with van der Waals surface area (Å²) in [6.45, 7) is 0. The number of amides is 2. The molecule has 0 atom stereocenters. The predicted octanol–water partition coefficient (Wildman–Crippen LogP) is 0.454. The molecule has 12 nitrogen and oxygen atoms in total. The lowest BCUT2D eigenvalue weighted by atomic mass is 10.4. The van der Waals surface area contributed by atoms with Gasteiger partial charge in [0.1, 0.15) is 11.6 Å². The molecule has 29 heavy (non-hydrogen) atoms. The molecule has 0 aromatic carbocycles. The summed E-state index contributed by atoms with van der Waals surface area (Å²) in [4.78, 5) is 20.5. The Morgan fingerprint density at radius 1 is 1.21 bits per heavy atom. The number of aromatic nitrogens is 2. The first-order valence-electron chi connectivity index (χ1n) is 7.83. The number of sulfonamides is 1. The number of hydrogen-bond acceptors (Lipinski definition) is 9. The van der Waals surface area contributed by atoms with E-state index in [0.717, 1.165) is 10.6 Å². The molecule has 2 rings (SSSR count). The Kier molecular flexibility index (Phi) is 6.81. The van der Waals surface area contributed by atoms with Gasteiger partial charge in [0.05, 0.1) is 26.2 Å². The SMILES string of the molecule is COc1cc(NC(=O)N(c2ncccc2N(C)S(C)(=O)=O)[SH](=O)=O)nc(OC)c1. The van der Waals surface area contributed by atoms with Crippen LogP contribution in [0.4, 0.5) is 22.1 Å². The van der Waals surface area contributed by atoms with Crippen LogP contribution in [-0.2, 0) is 20.9 Å². The first-order valence-corrected chi connectivity index (χ1v) is 10.8. The van der Waals surface area contributed by atoms with Gasteiger partial charge < -0.3 is 9.47 Å². The quantitative estimate of drug-likeness (QED) is 0.580. The maximum atomic E-state index is 12.7. The maximum Gasteiger partial charge on any atom is 0.342 e.